The van der Waals surface area contributed by atoms with E-state index < -0.39 is 0 Å². The first-order valence-electron chi connectivity index (χ1n) is 9.30. The summed E-state index contributed by atoms with van der Waals surface area (Å²) in [5.74, 6) is 0.581. The molecule has 0 aliphatic carbocycles. The summed E-state index contributed by atoms with van der Waals surface area (Å²) >= 11 is 1.70. The fourth-order valence-electron chi connectivity index (χ4n) is 3.00. The number of likely N-dealkylation sites (N-methyl/N-ethyl adjacent to an activating group) is 1. The van der Waals surface area contributed by atoms with E-state index in [1.807, 2.05) is 6.07 Å². The number of hydrogen-bond donors (Lipinski definition) is 1. The summed E-state index contributed by atoms with van der Waals surface area (Å²) in [5.41, 5.74) is 0.600. The molecular weight excluding hydrogens is 360 g/mol. The number of hydrogen-bond acceptors (Lipinski definition) is 5. The third-order valence-corrected chi connectivity index (χ3v) is 5.58. The van der Waals surface area contributed by atoms with Gasteiger partial charge >= 0.3 is 0 Å². The van der Waals surface area contributed by atoms with Gasteiger partial charge in [-0.15, -0.1) is 11.3 Å². The molecule has 27 heavy (non-hydrogen) atoms. The summed E-state index contributed by atoms with van der Waals surface area (Å²) in [4.78, 5) is 28.1. The maximum atomic E-state index is 12.3. The molecule has 5 nitrogen and oxygen atoms in total. The monoisotopic (exact) mass is 388 g/mol. The molecule has 0 fully saturated rings. The van der Waals surface area contributed by atoms with Gasteiger partial charge < -0.3 is 10.1 Å². The van der Waals surface area contributed by atoms with Crippen molar-refractivity contribution >= 4 is 23.0 Å². The second-order valence-corrected chi connectivity index (χ2v) is 7.19. The molecule has 1 amide bonds. The number of amides is 1. The molecule has 0 aliphatic heterocycles. The van der Waals surface area contributed by atoms with Crippen LogP contribution in [-0.4, -0.2) is 43.3 Å². The Labute approximate surface area is 165 Å². The number of methoxy groups -OCH3 is 1. The molecule has 1 unspecified atom stereocenters. The Kier molecular flexibility index (Phi) is 8.48. The fraction of sp³-hybridized carbons (Fsp3) is 0.429. The van der Waals surface area contributed by atoms with Gasteiger partial charge in [0, 0.05) is 29.8 Å². The third-order valence-electron chi connectivity index (χ3n) is 4.61. The van der Waals surface area contributed by atoms with Crippen molar-refractivity contribution in [3.63, 3.8) is 0 Å². The van der Waals surface area contributed by atoms with E-state index in [0.717, 1.165) is 13.1 Å². The van der Waals surface area contributed by atoms with Crippen molar-refractivity contribution in [1.29, 1.82) is 0 Å². The van der Waals surface area contributed by atoms with Crippen LogP contribution in [0.2, 0.25) is 0 Å². The Morgan fingerprint density at radius 1 is 1.11 bits per heavy atom. The summed E-state index contributed by atoms with van der Waals surface area (Å²) in [6.07, 6.45) is 0.396. The van der Waals surface area contributed by atoms with Gasteiger partial charge in [0.25, 0.3) is 0 Å². The predicted octanol–water partition coefficient (Wildman–Crippen LogP) is 3.92. The van der Waals surface area contributed by atoms with Gasteiger partial charge in [0.1, 0.15) is 5.75 Å². The first kappa shape index (κ1) is 21.1. The van der Waals surface area contributed by atoms with Crippen LogP contribution in [0.1, 0.15) is 48.0 Å². The van der Waals surface area contributed by atoms with Crippen LogP contribution in [-0.2, 0) is 4.79 Å². The van der Waals surface area contributed by atoms with Gasteiger partial charge in [0.15, 0.2) is 5.78 Å². The van der Waals surface area contributed by atoms with Crippen molar-refractivity contribution < 1.29 is 14.3 Å². The molecule has 2 aromatic rings. The number of thiophene rings is 1. The lowest BCUT2D eigenvalue weighted by Gasteiger charge is -2.29. The Morgan fingerprint density at radius 3 is 2.37 bits per heavy atom. The highest BCUT2D eigenvalue weighted by molar-refractivity contribution is 7.10. The van der Waals surface area contributed by atoms with Crippen LogP contribution in [0.5, 0.6) is 5.75 Å². The van der Waals surface area contributed by atoms with Crippen molar-refractivity contribution in [2.45, 2.75) is 32.7 Å². The van der Waals surface area contributed by atoms with Crippen LogP contribution in [0.4, 0.5) is 0 Å². The number of ketones is 1. The SMILES string of the molecule is CCN(CC)C(CNC(=O)CCC(=O)c1ccc(OC)cc1)c1cccs1. The van der Waals surface area contributed by atoms with E-state index in [1.165, 1.54) is 4.88 Å². The second kappa shape index (κ2) is 10.8. The number of Topliss-reactive ketones (excluding diaryl/α,β-unsaturated/α-hetero) is 1. The van der Waals surface area contributed by atoms with E-state index >= 15 is 0 Å². The topological polar surface area (TPSA) is 58.6 Å². The summed E-state index contributed by atoms with van der Waals surface area (Å²) in [7, 11) is 1.59. The first-order chi connectivity index (χ1) is 13.1. The lowest BCUT2D eigenvalue weighted by molar-refractivity contribution is -0.121. The minimum absolute atomic E-state index is 0.0358. The molecule has 2 rings (SSSR count). The molecule has 0 bridgehead atoms. The van der Waals surface area contributed by atoms with Gasteiger partial charge in [0.05, 0.1) is 13.2 Å². The maximum Gasteiger partial charge on any atom is 0.220 e. The zero-order valence-electron chi connectivity index (χ0n) is 16.2. The van der Waals surface area contributed by atoms with Crippen LogP contribution in [0.15, 0.2) is 41.8 Å². The van der Waals surface area contributed by atoms with Gasteiger partial charge in [-0.2, -0.15) is 0 Å². The number of nitrogens with zero attached hydrogens (tertiary/aromatic N) is 1. The third kappa shape index (κ3) is 6.19. The van der Waals surface area contributed by atoms with E-state index in [1.54, 1.807) is 42.7 Å². The van der Waals surface area contributed by atoms with Crippen molar-refractivity contribution in [1.82, 2.24) is 10.2 Å². The Hall–Kier alpha value is -2.18. The normalized spacial score (nSPS) is 12.0. The highest BCUT2D eigenvalue weighted by atomic mass is 32.1. The molecule has 0 radical (unpaired) electrons. The van der Waals surface area contributed by atoms with E-state index in [2.05, 4.69) is 35.5 Å². The van der Waals surface area contributed by atoms with Crippen LogP contribution >= 0.6 is 11.3 Å². The van der Waals surface area contributed by atoms with Crippen molar-refractivity contribution in [2.75, 3.05) is 26.7 Å². The number of nitrogens with one attached hydrogen (secondary N) is 1. The Bertz CT molecular complexity index is 710. The molecule has 0 saturated carbocycles. The fourth-order valence-corrected chi connectivity index (χ4v) is 3.86. The number of ether oxygens (including phenoxy) is 1. The highest BCUT2D eigenvalue weighted by Gasteiger charge is 2.20. The number of benzene rings is 1. The van der Waals surface area contributed by atoms with Crippen LogP contribution in [0.25, 0.3) is 0 Å². The average Bonchev–Trinajstić information content (AvgIpc) is 3.23. The van der Waals surface area contributed by atoms with Crippen LogP contribution in [0.3, 0.4) is 0 Å². The quantitative estimate of drug-likeness (QED) is 0.593. The summed E-state index contributed by atoms with van der Waals surface area (Å²) in [6.45, 7) is 6.65. The molecule has 1 aromatic carbocycles. The maximum absolute atomic E-state index is 12.3. The number of rotatable bonds is 11. The molecule has 1 atom stereocenters. The van der Waals surface area contributed by atoms with E-state index in [0.29, 0.717) is 17.9 Å². The van der Waals surface area contributed by atoms with Gasteiger partial charge in [-0.3, -0.25) is 14.5 Å². The van der Waals surface area contributed by atoms with Gasteiger partial charge in [-0.1, -0.05) is 19.9 Å². The molecule has 0 aliphatic rings. The molecule has 0 spiro atoms. The number of carbonyl (C=O) groups excluding carboxylic acids is 2. The summed E-state index contributed by atoms with van der Waals surface area (Å²) in [6, 6.07) is 11.3. The van der Waals surface area contributed by atoms with Crippen LogP contribution in [0, 0.1) is 0 Å². The minimum atomic E-state index is -0.0921. The zero-order chi connectivity index (χ0) is 19.6. The Morgan fingerprint density at radius 2 is 1.81 bits per heavy atom. The van der Waals surface area contributed by atoms with E-state index in [4.69, 9.17) is 4.74 Å². The zero-order valence-corrected chi connectivity index (χ0v) is 17.1. The average molecular weight is 389 g/mol. The molecule has 146 valence electrons. The molecule has 1 heterocycles. The van der Waals surface area contributed by atoms with Crippen molar-refractivity contribution in [3.8, 4) is 5.75 Å². The molecule has 6 heteroatoms. The van der Waals surface area contributed by atoms with E-state index in [9.17, 15) is 9.59 Å². The van der Waals surface area contributed by atoms with E-state index in [-0.39, 0.29) is 30.6 Å². The first-order valence-corrected chi connectivity index (χ1v) is 10.2. The summed E-state index contributed by atoms with van der Waals surface area (Å²) < 4.78 is 5.09. The van der Waals surface area contributed by atoms with Crippen molar-refractivity contribution in [3.05, 3.63) is 52.2 Å². The predicted molar refractivity (Wildman–Crippen MR) is 110 cm³/mol. The highest BCUT2D eigenvalue weighted by Crippen LogP contribution is 2.24. The van der Waals surface area contributed by atoms with Gasteiger partial charge in [0.2, 0.25) is 5.91 Å². The molecule has 0 saturated heterocycles. The van der Waals surface area contributed by atoms with Crippen molar-refractivity contribution in [2.24, 2.45) is 0 Å². The molecule has 1 N–H and O–H groups in total. The lowest BCUT2D eigenvalue weighted by Crippen LogP contribution is -2.37. The Balaban J connectivity index is 1.85. The van der Waals surface area contributed by atoms with Crippen LogP contribution < -0.4 is 10.1 Å². The second-order valence-electron chi connectivity index (χ2n) is 6.21. The number of carbonyl (C=O) groups is 2. The summed E-state index contributed by atoms with van der Waals surface area (Å²) in [5, 5.41) is 5.06. The standard InChI is InChI=1S/C21H28N2O3S/c1-4-23(5-2)18(20-7-6-14-27-20)15-22-21(25)13-12-19(24)16-8-10-17(26-3)11-9-16/h6-11,14,18H,4-5,12-13,15H2,1-3H3,(H,22,25). The van der Waals surface area contributed by atoms with Gasteiger partial charge in [-0.25, -0.2) is 0 Å². The van der Waals surface area contributed by atoms with Gasteiger partial charge in [-0.05, 0) is 48.8 Å². The molecular formula is C21H28N2O3S. The molecule has 1 aromatic heterocycles. The smallest absolute Gasteiger partial charge is 0.220 e. The largest absolute Gasteiger partial charge is 0.497 e. The minimum Gasteiger partial charge on any atom is -0.497 e. The lowest BCUT2D eigenvalue weighted by atomic mass is 10.1.